The lowest BCUT2D eigenvalue weighted by molar-refractivity contribution is -0.143. The van der Waals surface area contributed by atoms with E-state index >= 15 is 0 Å². The van der Waals surface area contributed by atoms with E-state index in [0.717, 1.165) is 6.08 Å². The first-order valence-corrected chi connectivity index (χ1v) is 4.09. The molecule has 0 aromatic carbocycles. The zero-order valence-electron chi connectivity index (χ0n) is 7.60. The highest BCUT2D eigenvalue weighted by atomic mass is 16.4. The standard InChI is InChI=1S/C10H8O5/c11-4-3-6-1-2-7(9(12)13)8(5-6)10(14)15/h1,5,7,11H,2H2,(H,12,13)(H,14,15). The van der Waals surface area contributed by atoms with Crippen molar-refractivity contribution in [2.45, 2.75) is 6.42 Å². The van der Waals surface area contributed by atoms with Crippen LogP contribution in [0, 0.1) is 17.9 Å². The van der Waals surface area contributed by atoms with Crippen molar-refractivity contribution in [2.24, 2.45) is 5.92 Å². The van der Waals surface area contributed by atoms with Crippen LogP contribution in [0.2, 0.25) is 0 Å². The molecule has 0 spiro atoms. The van der Waals surface area contributed by atoms with Crippen LogP contribution in [-0.4, -0.2) is 27.3 Å². The lowest BCUT2D eigenvalue weighted by Crippen LogP contribution is -2.22. The summed E-state index contributed by atoms with van der Waals surface area (Å²) in [6.45, 7) is 0. The summed E-state index contributed by atoms with van der Waals surface area (Å²) in [5.41, 5.74) is 0.0927. The van der Waals surface area contributed by atoms with Crippen LogP contribution >= 0.6 is 0 Å². The van der Waals surface area contributed by atoms with Gasteiger partial charge in [-0.25, -0.2) is 4.79 Å². The second-order valence-corrected chi connectivity index (χ2v) is 2.93. The van der Waals surface area contributed by atoms with Gasteiger partial charge in [-0.15, -0.1) is 0 Å². The third-order valence-corrected chi connectivity index (χ3v) is 2.01. The van der Waals surface area contributed by atoms with E-state index in [-0.39, 0.29) is 12.0 Å². The zero-order chi connectivity index (χ0) is 11.4. The number of carbonyl (C=O) groups is 2. The molecule has 1 rings (SSSR count). The smallest absolute Gasteiger partial charge is 0.332 e. The molecule has 5 nitrogen and oxygen atoms in total. The molecule has 0 heterocycles. The van der Waals surface area contributed by atoms with E-state index in [4.69, 9.17) is 15.3 Å². The second-order valence-electron chi connectivity index (χ2n) is 2.93. The van der Waals surface area contributed by atoms with Crippen molar-refractivity contribution in [3.8, 4) is 12.0 Å². The van der Waals surface area contributed by atoms with Crippen LogP contribution in [0.25, 0.3) is 0 Å². The molecule has 0 aromatic heterocycles. The number of aliphatic carboxylic acids is 2. The minimum Gasteiger partial charge on any atom is -0.481 e. The maximum Gasteiger partial charge on any atom is 0.332 e. The number of carboxylic acids is 2. The van der Waals surface area contributed by atoms with Gasteiger partial charge in [0.1, 0.15) is 6.11 Å². The van der Waals surface area contributed by atoms with Gasteiger partial charge in [-0.05, 0) is 18.4 Å². The van der Waals surface area contributed by atoms with Gasteiger partial charge in [-0.2, -0.15) is 0 Å². The summed E-state index contributed by atoms with van der Waals surface area (Å²) in [7, 11) is 0. The SMILES string of the molecule is O=C(O)C1=CC(C#CO)=CCC1C(=O)O. The average Bonchev–Trinajstić information content (AvgIpc) is 2.17. The predicted molar refractivity (Wildman–Crippen MR) is 49.3 cm³/mol. The van der Waals surface area contributed by atoms with Gasteiger partial charge in [0.05, 0.1) is 11.5 Å². The number of carboxylic acid groups (broad SMARTS) is 2. The van der Waals surface area contributed by atoms with E-state index < -0.39 is 17.9 Å². The Kier molecular flexibility index (Phi) is 3.13. The van der Waals surface area contributed by atoms with E-state index in [0.29, 0.717) is 5.57 Å². The van der Waals surface area contributed by atoms with Gasteiger partial charge in [0.2, 0.25) is 0 Å². The van der Waals surface area contributed by atoms with E-state index in [1.165, 1.54) is 6.08 Å². The Labute approximate surface area is 85.3 Å². The molecule has 3 N–H and O–H groups in total. The number of rotatable bonds is 2. The van der Waals surface area contributed by atoms with Gasteiger partial charge >= 0.3 is 11.9 Å². The molecule has 1 atom stereocenters. The molecule has 1 aliphatic rings. The molecule has 0 saturated carbocycles. The van der Waals surface area contributed by atoms with Crippen LogP contribution in [0.15, 0.2) is 23.3 Å². The number of aliphatic hydroxyl groups excluding tert-OH is 1. The lowest BCUT2D eigenvalue weighted by atomic mass is 9.88. The summed E-state index contributed by atoms with van der Waals surface area (Å²) in [4.78, 5) is 21.5. The first-order valence-electron chi connectivity index (χ1n) is 4.09. The highest BCUT2D eigenvalue weighted by Gasteiger charge is 2.28. The van der Waals surface area contributed by atoms with E-state index in [2.05, 4.69) is 5.92 Å². The Morgan fingerprint density at radius 2 is 2.07 bits per heavy atom. The predicted octanol–water partition coefficient (Wildman–Crippen LogP) is 0.362. The number of allylic oxidation sites excluding steroid dienone is 3. The van der Waals surface area contributed by atoms with E-state index in [1.807, 2.05) is 0 Å². The molecule has 5 heteroatoms. The summed E-state index contributed by atoms with van der Waals surface area (Å²) < 4.78 is 0. The molecular weight excluding hydrogens is 200 g/mol. The lowest BCUT2D eigenvalue weighted by Gasteiger charge is -2.15. The summed E-state index contributed by atoms with van der Waals surface area (Å²) in [6.07, 6.45) is 4.35. The van der Waals surface area contributed by atoms with E-state index in [1.54, 1.807) is 6.11 Å². The van der Waals surface area contributed by atoms with Gasteiger partial charge in [-0.1, -0.05) is 6.08 Å². The molecule has 0 aromatic rings. The Bertz CT molecular complexity index is 419. The summed E-state index contributed by atoms with van der Waals surface area (Å²) in [6, 6.07) is 0. The maximum atomic E-state index is 10.7. The Balaban J connectivity index is 3.06. The zero-order valence-corrected chi connectivity index (χ0v) is 7.60. The average molecular weight is 208 g/mol. The summed E-state index contributed by atoms with van der Waals surface area (Å²) in [5, 5.41) is 25.9. The fraction of sp³-hybridized carbons (Fsp3) is 0.200. The van der Waals surface area contributed by atoms with Gasteiger partial charge < -0.3 is 15.3 Å². The molecule has 1 unspecified atom stereocenters. The Morgan fingerprint density at radius 3 is 2.53 bits per heavy atom. The number of hydrogen-bond acceptors (Lipinski definition) is 3. The van der Waals surface area contributed by atoms with Crippen molar-refractivity contribution in [1.82, 2.24) is 0 Å². The first kappa shape index (κ1) is 10.9. The molecule has 0 amide bonds. The van der Waals surface area contributed by atoms with Gasteiger partial charge in [0.25, 0.3) is 0 Å². The van der Waals surface area contributed by atoms with Crippen molar-refractivity contribution in [3.05, 3.63) is 23.3 Å². The number of aliphatic hydroxyl groups is 1. The molecule has 0 bridgehead atoms. The van der Waals surface area contributed by atoms with Crippen LogP contribution in [0.3, 0.4) is 0 Å². The first-order chi connectivity index (χ1) is 7.06. The van der Waals surface area contributed by atoms with E-state index in [9.17, 15) is 9.59 Å². The summed E-state index contributed by atoms with van der Waals surface area (Å²) >= 11 is 0. The molecule has 0 radical (unpaired) electrons. The van der Waals surface area contributed by atoms with Crippen LogP contribution in [0.4, 0.5) is 0 Å². The highest BCUT2D eigenvalue weighted by Crippen LogP contribution is 2.24. The topological polar surface area (TPSA) is 94.8 Å². The fourth-order valence-corrected chi connectivity index (χ4v) is 1.30. The third-order valence-electron chi connectivity index (χ3n) is 2.01. The van der Waals surface area contributed by atoms with Gasteiger partial charge in [-0.3, -0.25) is 4.79 Å². The highest BCUT2D eigenvalue weighted by molar-refractivity contribution is 5.95. The normalized spacial score (nSPS) is 19.3. The van der Waals surface area contributed by atoms with Crippen LogP contribution in [-0.2, 0) is 9.59 Å². The third kappa shape index (κ3) is 2.38. The number of hydrogen-bond donors (Lipinski definition) is 3. The molecular formula is C10H8O5. The minimum absolute atomic E-state index is 0.0669. The largest absolute Gasteiger partial charge is 0.481 e. The molecule has 0 fully saturated rings. The maximum absolute atomic E-state index is 10.7. The van der Waals surface area contributed by atoms with Crippen LogP contribution in [0.1, 0.15) is 6.42 Å². The monoisotopic (exact) mass is 208 g/mol. The summed E-state index contributed by atoms with van der Waals surface area (Å²) in [5.74, 6) is -1.26. The molecule has 78 valence electrons. The Morgan fingerprint density at radius 1 is 1.40 bits per heavy atom. The molecule has 1 aliphatic carbocycles. The van der Waals surface area contributed by atoms with Crippen molar-refractivity contribution in [1.29, 1.82) is 0 Å². The van der Waals surface area contributed by atoms with Gasteiger partial charge in [0, 0.05) is 5.57 Å². The molecule has 15 heavy (non-hydrogen) atoms. The fourth-order valence-electron chi connectivity index (χ4n) is 1.30. The minimum atomic E-state index is -1.28. The van der Waals surface area contributed by atoms with Crippen molar-refractivity contribution >= 4 is 11.9 Å². The second kappa shape index (κ2) is 4.33. The molecule has 0 aliphatic heterocycles. The molecule has 0 saturated heterocycles. The van der Waals surface area contributed by atoms with Crippen molar-refractivity contribution in [2.75, 3.05) is 0 Å². The van der Waals surface area contributed by atoms with Crippen LogP contribution in [0.5, 0.6) is 0 Å². The quantitative estimate of drug-likeness (QED) is 0.569. The van der Waals surface area contributed by atoms with Gasteiger partial charge in [0.15, 0.2) is 0 Å². The van der Waals surface area contributed by atoms with Crippen LogP contribution < -0.4 is 0 Å². The van der Waals surface area contributed by atoms with Crippen molar-refractivity contribution in [3.63, 3.8) is 0 Å². The van der Waals surface area contributed by atoms with Crippen molar-refractivity contribution < 1.29 is 24.9 Å². The Hall–Kier alpha value is -2.22.